The SMILES string of the molecule is COc1cc(O)ccc1[C@H]1C2=CC[C@@H]3C(=O)N(c4cccc(B(O)O)c4)C(=O)[C@@H]3[C@@H]2CC2=C1C(=O)C=C(Br)C2=O. The summed E-state index contributed by atoms with van der Waals surface area (Å²) in [4.78, 5) is 55.4. The maximum Gasteiger partial charge on any atom is 0.488 e. The van der Waals surface area contributed by atoms with E-state index in [2.05, 4.69) is 15.9 Å². The van der Waals surface area contributed by atoms with Crippen LogP contribution >= 0.6 is 15.9 Å². The first-order valence-electron chi connectivity index (χ1n) is 12.7. The second-order valence-electron chi connectivity index (χ2n) is 10.3. The molecule has 4 atom stereocenters. The van der Waals surface area contributed by atoms with Gasteiger partial charge < -0.3 is 19.9 Å². The van der Waals surface area contributed by atoms with E-state index in [1.165, 1.54) is 43.5 Å². The van der Waals surface area contributed by atoms with E-state index in [0.29, 0.717) is 16.9 Å². The van der Waals surface area contributed by atoms with Crippen molar-refractivity contribution < 1.29 is 39.1 Å². The summed E-state index contributed by atoms with van der Waals surface area (Å²) in [6, 6.07) is 10.5. The molecule has 1 aliphatic heterocycles. The lowest BCUT2D eigenvalue weighted by molar-refractivity contribution is -0.123. The largest absolute Gasteiger partial charge is 0.508 e. The second kappa shape index (κ2) is 9.69. The van der Waals surface area contributed by atoms with Gasteiger partial charge in [-0.2, -0.15) is 0 Å². The zero-order valence-corrected chi connectivity index (χ0v) is 22.8. The number of phenols is 1. The maximum absolute atomic E-state index is 14.0. The summed E-state index contributed by atoms with van der Waals surface area (Å²) in [5.74, 6) is -3.98. The fourth-order valence-corrected chi connectivity index (χ4v) is 7.03. The molecule has 0 saturated carbocycles. The van der Waals surface area contributed by atoms with E-state index in [1.54, 1.807) is 12.1 Å². The first-order chi connectivity index (χ1) is 19.1. The molecule has 2 aromatic rings. The van der Waals surface area contributed by atoms with Crippen LogP contribution in [0, 0.1) is 17.8 Å². The number of aromatic hydroxyl groups is 1. The van der Waals surface area contributed by atoms with Gasteiger partial charge in [-0.3, -0.25) is 24.1 Å². The summed E-state index contributed by atoms with van der Waals surface area (Å²) < 4.78 is 5.68. The van der Waals surface area contributed by atoms with Gasteiger partial charge >= 0.3 is 7.12 Å². The van der Waals surface area contributed by atoms with Crippen LogP contribution in [-0.4, -0.2) is 52.8 Å². The third kappa shape index (κ3) is 3.91. The number of carbonyl (C=O) groups is 4. The summed E-state index contributed by atoms with van der Waals surface area (Å²) in [5.41, 5.74) is 2.27. The van der Waals surface area contributed by atoms with Gasteiger partial charge in [0.1, 0.15) is 11.5 Å². The standard InChI is InChI=1S/C29H23BBrNO8/c1-40-23-10-15(33)5-6-17(23)24-16-7-8-18-25(19(16)11-20-26(24)22(34)12-21(31)27(20)35)29(37)32(28(18)36)14-4-2-3-13(9-14)30(38)39/h2-7,9-10,12,18-19,24-25,33,38-39H,8,11H2,1H3/t18-,19+,24+,25-/m0/s1. The minimum atomic E-state index is -1.77. The number of carbonyl (C=O) groups excluding carboxylic acids is 4. The fourth-order valence-electron chi connectivity index (χ4n) is 6.58. The first-order valence-corrected chi connectivity index (χ1v) is 13.5. The van der Waals surface area contributed by atoms with Crippen LogP contribution in [0.2, 0.25) is 0 Å². The summed E-state index contributed by atoms with van der Waals surface area (Å²) in [6.45, 7) is 0. The van der Waals surface area contributed by atoms with Gasteiger partial charge in [0, 0.05) is 34.8 Å². The molecule has 3 aliphatic carbocycles. The van der Waals surface area contributed by atoms with Gasteiger partial charge in [0.25, 0.3) is 0 Å². The highest BCUT2D eigenvalue weighted by molar-refractivity contribution is 9.12. The van der Waals surface area contributed by atoms with E-state index in [4.69, 9.17) is 4.74 Å². The molecule has 202 valence electrons. The zero-order chi connectivity index (χ0) is 28.5. The number of methoxy groups -OCH3 is 1. The number of Topliss-reactive ketones (excluding diaryl/α,β-unsaturated/α-hetero) is 1. The molecule has 1 saturated heterocycles. The molecule has 0 radical (unpaired) electrons. The van der Waals surface area contributed by atoms with E-state index < -0.39 is 42.6 Å². The van der Waals surface area contributed by atoms with E-state index in [1.807, 2.05) is 6.08 Å². The highest BCUT2D eigenvalue weighted by Gasteiger charge is 2.57. The van der Waals surface area contributed by atoms with Gasteiger partial charge in [0.05, 0.1) is 29.1 Å². The quantitative estimate of drug-likeness (QED) is 0.209. The Hall–Kier alpha value is -3.80. The predicted molar refractivity (Wildman–Crippen MR) is 148 cm³/mol. The highest BCUT2D eigenvalue weighted by atomic mass is 79.9. The number of halogens is 1. The average molecular weight is 604 g/mol. The average Bonchev–Trinajstić information content (AvgIpc) is 3.20. The highest BCUT2D eigenvalue weighted by Crippen LogP contribution is 2.56. The number of hydrogen-bond donors (Lipinski definition) is 3. The van der Waals surface area contributed by atoms with Crippen LogP contribution in [0.25, 0.3) is 0 Å². The Labute approximate surface area is 237 Å². The van der Waals surface area contributed by atoms with E-state index in [0.717, 1.165) is 10.5 Å². The lowest BCUT2D eigenvalue weighted by Crippen LogP contribution is -2.40. The topological polar surface area (TPSA) is 141 Å². The predicted octanol–water partition coefficient (Wildman–Crippen LogP) is 2.05. The van der Waals surface area contributed by atoms with E-state index in [9.17, 15) is 34.3 Å². The molecule has 2 amide bonds. The van der Waals surface area contributed by atoms with Crippen molar-refractivity contribution in [1.82, 2.24) is 0 Å². The van der Waals surface area contributed by atoms with Crippen LogP contribution in [0.4, 0.5) is 5.69 Å². The second-order valence-corrected chi connectivity index (χ2v) is 11.2. The van der Waals surface area contributed by atoms with Crippen molar-refractivity contribution in [3.63, 3.8) is 0 Å². The number of benzene rings is 2. The third-order valence-corrected chi connectivity index (χ3v) is 8.87. The Bertz CT molecular complexity index is 1610. The fraction of sp³-hybridized carbons (Fsp3) is 0.241. The van der Waals surface area contributed by atoms with Crippen LogP contribution in [-0.2, 0) is 19.2 Å². The van der Waals surface area contributed by atoms with Gasteiger partial charge in [-0.25, -0.2) is 0 Å². The lowest BCUT2D eigenvalue weighted by Gasteiger charge is -2.42. The Morgan fingerprint density at radius 1 is 1.02 bits per heavy atom. The molecule has 4 aliphatic rings. The number of nitrogens with zero attached hydrogens (tertiary/aromatic N) is 1. The Balaban J connectivity index is 1.49. The molecule has 9 nitrogen and oxygen atoms in total. The van der Waals surface area contributed by atoms with Crippen LogP contribution in [0.3, 0.4) is 0 Å². The van der Waals surface area contributed by atoms with E-state index in [-0.39, 0.29) is 51.4 Å². The van der Waals surface area contributed by atoms with Crippen LogP contribution in [0.1, 0.15) is 24.3 Å². The normalized spacial score (nSPS) is 25.8. The van der Waals surface area contributed by atoms with Crippen molar-refractivity contribution in [2.24, 2.45) is 17.8 Å². The third-order valence-electron chi connectivity index (χ3n) is 8.29. The molecule has 0 bridgehead atoms. The van der Waals surface area contributed by atoms with Gasteiger partial charge in [0.15, 0.2) is 11.6 Å². The van der Waals surface area contributed by atoms with Crippen molar-refractivity contribution in [3.8, 4) is 11.5 Å². The molecule has 2 aromatic carbocycles. The molecular formula is C29H23BBrNO8. The van der Waals surface area contributed by atoms with Crippen molar-refractivity contribution in [3.05, 3.63) is 81.4 Å². The van der Waals surface area contributed by atoms with Crippen LogP contribution < -0.4 is 15.1 Å². The summed E-state index contributed by atoms with van der Waals surface area (Å²) >= 11 is 3.21. The minimum absolute atomic E-state index is 0.0315. The molecule has 3 N–H and O–H groups in total. The van der Waals surface area contributed by atoms with Crippen LogP contribution in [0.15, 0.2) is 75.8 Å². The number of imide groups is 1. The lowest BCUT2D eigenvalue weighted by atomic mass is 9.59. The first kappa shape index (κ1) is 26.4. The van der Waals surface area contributed by atoms with Gasteiger partial charge in [-0.05, 0) is 58.4 Å². The molecule has 0 unspecified atom stereocenters. The van der Waals surface area contributed by atoms with Crippen molar-refractivity contribution in [2.45, 2.75) is 18.8 Å². The van der Waals surface area contributed by atoms with Gasteiger partial charge in [0.2, 0.25) is 11.8 Å². The summed E-state index contributed by atoms with van der Waals surface area (Å²) in [6.07, 6.45) is 3.50. The Morgan fingerprint density at radius 3 is 2.52 bits per heavy atom. The number of anilines is 1. The number of rotatable bonds is 4. The van der Waals surface area contributed by atoms with Crippen LogP contribution in [0.5, 0.6) is 11.5 Å². The summed E-state index contributed by atoms with van der Waals surface area (Å²) in [7, 11) is -0.327. The van der Waals surface area contributed by atoms with E-state index >= 15 is 0 Å². The molecule has 0 spiro atoms. The monoisotopic (exact) mass is 603 g/mol. The number of allylic oxidation sites excluding steroid dienone is 6. The molecule has 1 fully saturated rings. The van der Waals surface area contributed by atoms with Crippen molar-refractivity contribution >= 4 is 57.6 Å². The van der Waals surface area contributed by atoms with Gasteiger partial charge in [-0.1, -0.05) is 29.8 Å². The van der Waals surface area contributed by atoms with Crippen molar-refractivity contribution in [2.75, 3.05) is 12.0 Å². The number of amides is 2. The smallest absolute Gasteiger partial charge is 0.488 e. The molecule has 1 heterocycles. The molecule has 6 rings (SSSR count). The molecule has 40 heavy (non-hydrogen) atoms. The summed E-state index contributed by atoms with van der Waals surface area (Å²) in [5, 5.41) is 29.3. The maximum atomic E-state index is 14.0. The minimum Gasteiger partial charge on any atom is -0.508 e. The number of hydrogen-bond acceptors (Lipinski definition) is 8. The Kier molecular flexibility index (Phi) is 6.40. The number of fused-ring (bicyclic) bond motifs is 3. The molecule has 0 aromatic heterocycles. The number of ketones is 2. The molecular weight excluding hydrogens is 581 g/mol. The number of ether oxygens (including phenoxy) is 1. The van der Waals surface area contributed by atoms with Gasteiger partial charge in [-0.15, -0.1) is 0 Å². The number of phenolic OH excluding ortho intramolecular Hbond substituents is 1. The zero-order valence-electron chi connectivity index (χ0n) is 21.2. The Morgan fingerprint density at radius 2 is 1.80 bits per heavy atom. The molecule has 11 heteroatoms. The van der Waals surface area contributed by atoms with Crippen molar-refractivity contribution in [1.29, 1.82) is 0 Å².